The van der Waals surface area contributed by atoms with E-state index in [1.54, 1.807) is 7.11 Å². The van der Waals surface area contributed by atoms with Gasteiger partial charge in [-0.1, -0.05) is 12.1 Å². The predicted molar refractivity (Wildman–Crippen MR) is 82.4 cm³/mol. The van der Waals surface area contributed by atoms with Crippen LogP contribution in [0.3, 0.4) is 0 Å². The lowest BCUT2D eigenvalue weighted by Gasteiger charge is -2.22. The minimum absolute atomic E-state index is 0. The van der Waals surface area contributed by atoms with E-state index in [0.717, 1.165) is 18.3 Å². The second-order valence-corrected chi connectivity index (χ2v) is 5.22. The summed E-state index contributed by atoms with van der Waals surface area (Å²) in [6.07, 6.45) is 3.79. The molecule has 2 N–H and O–H groups in total. The molecule has 2 fully saturated rings. The highest BCUT2D eigenvalue weighted by Crippen LogP contribution is 2.37. The van der Waals surface area contributed by atoms with E-state index in [9.17, 15) is 0 Å². The summed E-state index contributed by atoms with van der Waals surface area (Å²) in [6, 6.07) is 10.1. The maximum absolute atomic E-state index is 6.15. The van der Waals surface area contributed by atoms with E-state index in [1.807, 2.05) is 12.1 Å². The molecule has 0 radical (unpaired) electrons. The molecule has 2 bridgehead atoms. The molecule has 108 valence electrons. The number of fused-ring (bicyclic) bond motifs is 2. The molecule has 19 heavy (non-hydrogen) atoms. The molecule has 2 heterocycles. The van der Waals surface area contributed by atoms with Crippen LogP contribution in [0.4, 0.5) is 0 Å². The second-order valence-electron chi connectivity index (χ2n) is 5.22. The van der Waals surface area contributed by atoms with E-state index in [1.165, 1.54) is 24.8 Å². The van der Waals surface area contributed by atoms with Gasteiger partial charge in [0.05, 0.1) is 7.11 Å². The SMILES string of the molecule is COc1ccc(CN2[C@H]3CC[C@@H]2[C@H](N)C3)cc1.Cl.Cl. The summed E-state index contributed by atoms with van der Waals surface area (Å²) in [5.74, 6) is 0.926. The van der Waals surface area contributed by atoms with Crippen LogP contribution in [-0.2, 0) is 6.54 Å². The fourth-order valence-electron chi connectivity index (χ4n) is 3.34. The van der Waals surface area contributed by atoms with Crippen molar-refractivity contribution in [2.75, 3.05) is 7.11 Å². The molecule has 1 aromatic carbocycles. The van der Waals surface area contributed by atoms with Crippen LogP contribution < -0.4 is 10.5 Å². The van der Waals surface area contributed by atoms with Crippen LogP contribution in [0.15, 0.2) is 24.3 Å². The Labute approximate surface area is 127 Å². The Hall–Kier alpha value is -0.480. The van der Waals surface area contributed by atoms with Crippen LogP contribution in [0.2, 0.25) is 0 Å². The highest BCUT2D eigenvalue weighted by Gasteiger charge is 2.44. The van der Waals surface area contributed by atoms with Gasteiger partial charge in [-0.3, -0.25) is 4.90 Å². The van der Waals surface area contributed by atoms with Crippen LogP contribution in [0.25, 0.3) is 0 Å². The number of nitrogens with zero attached hydrogens (tertiary/aromatic N) is 1. The molecular weight excluding hydrogens is 283 g/mol. The van der Waals surface area contributed by atoms with Crippen molar-refractivity contribution < 1.29 is 4.74 Å². The minimum atomic E-state index is 0. The van der Waals surface area contributed by atoms with Crippen molar-refractivity contribution in [3.63, 3.8) is 0 Å². The van der Waals surface area contributed by atoms with Gasteiger partial charge in [0.15, 0.2) is 0 Å². The first-order chi connectivity index (χ1) is 8.28. The van der Waals surface area contributed by atoms with Crippen LogP contribution in [0.1, 0.15) is 24.8 Å². The normalized spacial score (nSPS) is 28.6. The van der Waals surface area contributed by atoms with E-state index >= 15 is 0 Å². The van der Waals surface area contributed by atoms with Gasteiger partial charge in [-0.05, 0) is 37.0 Å². The zero-order valence-electron chi connectivity index (χ0n) is 11.1. The highest BCUT2D eigenvalue weighted by molar-refractivity contribution is 5.85. The maximum Gasteiger partial charge on any atom is 0.118 e. The Balaban J connectivity index is 0.000000902. The van der Waals surface area contributed by atoms with Crippen LogP contribution in [0.5, 0.6) is 5.75 Å². The zero-order chi connectivity index (χ0) is 11.8. The van der Waals surface area contributed by atoms with Crippen molar-refractivity contribution in [3.8, 4) is 5.75 Å². The van der Waals surface area contributed by atoms with Crippen molar-refractivity contribution >= 4 is 24.8 Å². The van der Waals surface area contributed by atoms with Gasteiger partial charge in [-0.2, -0.15) is 0 Å². The van der Waals surface area contributed by atoms with Gasteiger partial charge in [0, 0.05) is 24.7 Å². The largest absolute Gasteiger partial charge is 0.497 e. The monoisotopic (exact) mass is 304 g/mol. The summed E-state index contributed by atoms with van der Waals surface area (Å²) in [5.41, 5.74) is 7.51. The first-order valence-electron chi connectivity index (χ1n) is 6.42. The van der Waals surface area contributed by atoms with Crippen molar-refractivity contribution in [1.29, 1.82) is 0 Å². The number of nitrogens with two attached hydrogens (primary N) is 1. The molecule has 0 aliphatic carbocycles. The molecule has 3 atom stereocenters. The van der Waals surface area contributed by atoms with E-state index in [-0.39, 0.29) is 24.8 Å². The lowest BCUT2D eigenvalue weighted by atomic mass is 9.97. The molecule has 0 aromatic heterocycles. The summed E-state index contributed by atoms with van der Waals surface area (Å²) in [6.45, 7) is 1.03. The summed E-state index contributed by atoms with van der Waals surface area (Å²) in [5, 5.41) is 0. The van der Waals surface area contributed by atoms with E-state index < -0.39 is 0 Å². The van der Waals surface area contributed by atoms with Gasteiger partial charge in [0.1, 0.15) is 5.75 Å². The van der Waals surface area contributed by atoms with Gasteiger partial charge in [0.25, 0.3) is 0 Å². The number of benzene rings is 1. The molecule has 2 saturated heterocycles. The molecule has 0 spiro atoms. The molecule has 2 aliphatic rings. The third-order valence-electron chi connectivity index (χ3n) is 4.25. The Morgan fingerprint density at radius 3 is 2.37 bits per heavy atom. The quantitative estimate of drug-likeness (QED) is 0.933. The third kappa shape index (κ3) is 3.16. The molecule has 3 nitrogen and oxygen atoms in total. The molecule has 0 saturated carbocycles. The molecule has 1 aromatic rings. The molecule has 0 amide bonds. The summed E-state index contributed by atoms with van der Waals surface area (Å²) in [4.78, 5) is 2.59. The van der Waals surface area contributed by atoms with Crippen molar-refractivity contribution in [1.82, 2.24) is 4.90 Å². The lowest BCUT2D eigenvalue weighted by molar-refractivity contribution is 0.239. The van der Waals surface area contributed by atoms with Gasteiger partial charge in [0.2, 0.25) is 0 Å². The molecule has 2 aliphatic heterocycles. The first-order valence-corrected chi connectivity index (χ1v) is 6.42. The van der Waals surface area contributed by atoms with Crippen molar-refractivity contribution in [2.45, 2.75) is 43.9 Å². The third-order valence-corrected chi connectivity index (χ3v) is 4.25. The van der Waals surface area contributed by atoms with Crippen LogP contribution in [-0.4, -0.2) is 30.1 Å². The summed E-state index contributed by atoms with van der Waals surface area (Å²) >= 11 is 0. The Kier molecular flexibility index (Phi) is 5.93. The van der Waals surface area contributed by atoms with Crippen LogP contribution >= 0.6 is 24.8 Å². The number of hydrogen-bond acceptors (Lipinski definition) is 3. The number of ether oxygens (including phenoxy) is 1. The number of rotatable bonds is 3. The fraction of sp³-hybridized carbons (Fsp3) is 0.571. The van der Waals surface area contributed by atoms with Crippen LogP contribution in [0, 0.1) is 0 Å². The number of halogens is 2. The minimum Gasteiger partial charge on any atom is -0.497 e. The number of methoxy groups -OCH3 is 1. The van der Waals surface area contributed by atoms with Crippen molar-refractivity contribution in [2.24, 2.45) is 5.73 Å². The predicted octanol–water partition coefficient (Wildman–Crippen LogP) is 2.60. The topological polar surface area (TPSA) is 38.5 Å². The average molecular weight is 305 g/mol. The zero-order valence-corrected chi connectivity index (χ0v) is 12.8. The Morgan fingerprint density at radius 1 is 1.21 bits per heavy atom. The summed E-state index contributed by atoms with van der Waals surface area (Å²) < 4.78 is 5.18. The van der Waals surface area contributed by atoms with Gasteiger partial charge < -0.3 is 10.5 Å². The van der Waals surface area contributed by atoms with E-state index in [4.69, 9.17) is 10.5 Å². The van der Waals surface area contributed by atoms with E-state index in [0.29, 0.717) is 12.1 Å². The van der Waals surface area contributed by atoms with Gasteiger partial charge in [-0.25, -0.2) is 0 Å². The molecule has 3 rings (SSSR count). The van der Waals surface area contributed by atoms with Gasteiger partial charge in [-0.15, -0.1) is 24.8 Å². The molecule has 5 heteroatoms. The maximum atomic E-state index is 6.15. The first kappa shape index (κ1) is 16.6. The molecule has 0 unspecified atom stereocenters. The smallest absolute Gasteiger partial charge is 0.118 e. The summed E-state index contributed by atoms with van der Waals surface area (Å²) in [7, 11) is 1.70. The van der Waals surface area contributed by atoms with E-state index in [2.05, 4.69) is 17.0 Å². The highest BCUT2D eigenvalue weighted by atomic mass is 35.5. The second kappa shape index (κ2) is 6.80. The number of hydrogen-bond donors (Lipinski definition) is 1. The van der Waals surface area contributed by atoms with Crippen molar-refractivity contribution in [3.05, 3.63) is 29.8 Å². The fourth-order valence-corrected chi connectivity index (χ4v) is 3.34. The average Bonchev–Trinajstić information content (AvgIpc) is 2.86. The Morgan fingerprint density at radius 2 is 1.89 bits per heavy atom. The standard InChI is InChI=1S/C14H20N2O.2ClH/c1-17-12-5-2-10(3-6-12)9-16-11-4-7-14(16)13(15)8-11;;/h2-3,5-6,11,13-14H,4,7-9,15H2,1H3;2*1H/t11-,13+,14+;;/m0../s1. The van der Waals surface area contributed by atoms with Gasteiger partial charge >= 0.3 is 0 Å². The molecular formula is C14H22Cl2N2O. The Bertz CT molecular complexity index is 399. The lowest BCUT2D eigenvalue weighted by Crippen LogP contribution is -2.36.